The topological polar surface area (TPSA) is 83.6 Å². The highest BCUT2D eigenvalue weighted by Crippen LogP contribution is 2.23. The summed E-state index contributed by atoms with van der Waals surface area (Å²) in [6.07, 6.45) is 0. The van der Waals surface area contributed by atoms with Crippen LogP contribution >= 0.6 is 23.1 Å². The third-order valence-corrected chi connectivity index (χ3v) is 5.73. The van der Waals surface area contributed by atoms with Crippen molar-refractivity contribution >= 4 is 40.7 Å². The number of methoxy groups -OCH3 is 1. The van der Waals surface area contributed by atoms with Crippen molar-refractivity contribution in [2.75, 3.05) is 24.1 Å². The van der Waals surface area contributed by atoms with Crippen LogP contribution in [-0.2, 0) is 11.3 Å². The fourth-order valence-corrected chi connectivity index (χ4v) is 4.28. The first kappa shape index (κ1) is 18.5. The van der Waals surface area contributed by atoms with E-state index in [2.05, 4.69) is 15.6 Å². The molecule has 1 aliphatic rings. The van der Waals surface area contributed by atoms with Crippen molar-refractivity contribution in [3.63, 3.8) is 0 Å². The average molecular weight is 393 g/mol. The smallest absolute Gasteiger partial charge is 0.323 e. The largest absolute Gasteiger partial charge is 0.497 e. The Hall–Kier alpha value is -2.26. The molecule has 3 rings (SSSR count). The van der Waals surface area contributed by atoms with E-state index in [0.717, 1.165) is 10.7 Å². The lowest BCUT2D eigenvalue weighted by Gasteiger charge is -2.23. The molecular weight excluding hydrogens is 372 g/mol. The second-order valence-corrected chi connectivity index (χ2v) is 7.78. The summed E-state index contributed by atoms with van der Waals surface area (Å²) in [6.45, 7) is 2.30. The van der Waals surface area contributed by atoms with Gasteiger partial charge in [0.2, 0.25) is 5.91 Å². The molecule has 0 bridgehead atoms. The van der Waals surface area contributed by atoms with E-state index in [1.807, 2.05) is 12.3 Å². The van der Waals surface area contributed by atoms with E-state index in [1.54, 1.807) is 59.4 Å². The van der Waals surface area contributed by atoms with E-state index in [9.17, 15) is 9.59 Å². The van der Waals surface area contributed by atoms with Crippen LogP contribution in [-0.4, -0.2) is 46.6 Å². The maximum atomic E-state index is 12.5. The Kier molecular flexibility index (Phi) is 6.00. The molecule has 0 spiro atoms. The first-order chi connectivity index (χ1) is 12.6. The van der Waals surface area contributed by atoms with Crippen molar-refractivity contribution in [2.45, 2.75) is 19.5 Å². The van der Waals surface area contributed by atoms with Crippen LogP contribution in [0.15, 0.2) is 29.6 Å². The van der Waals surface area contributed by atoms with Crippen LogP contribution < -0.4 is 15.4 Å². The van der Waals surface area contributed by atoms with E-state index < -0.39 is 6.04 Å². The summed E-state index contributed by atoms with van der Waals surface area (Å²) in [5, 5.41) is 8.58. The maximum absolute atomic E-state index is 12.5. The van der Waals surface area contributed by atoms with Gasteiger partial charge < -0.3 is 20.3 Å². The zero-order valence-electron chi connectivity index (χ0n) is 14.5. The summed E-state index contributed by atoms with van der Waals surface area (Å²) >= 11 is 3.11. The van der Waals surface area contributed by atoms with Crippen LogP contribution in [0.25, 0.3) is 0 Å². The number of thioether (sulfide) groups is 1. The van der Waals surface area contributed by atoms with Gasteiger partial charge in [0.15, 0.2) is 0 Å². The Bertz CT molecular complexity index is 779. The second-order valence-electron chi connectivity index (χ2n) is 5.72. The summed E-state index contributed by atoms with van der Waals surface area (Å²) < 4.78 is 5.10. The summed E-state index contributed by atoms with van der Waals surface area (Å²) in [6, 6.07) is 6.30. The van der Waals surface area contributed by atoms with Gasteiger partial charge in [0.1, 0.15) is 11.8 Å². The molecule has 3 amide bonds. The van der Waals surface area contributed by atoms with Gasteiger partial charge in [0, 0.05) is 16.8 Å². The lowest BCUT2D eigenvalue weighted by atomic mass is 10.2. The van der Waals surface area contributed by atoms with Gasteiger partial charge in [-0.05, 0) is 31.2 Å². The van der Waals surface area contributed by atoms with E-state index in [0.29, 0.717) is 29.6 Å². The van der Waals surface area contributed by atoms with Gasteiger partial charge in [-0.25, -0.2) is 9.78 Å². The number of amides is 3. The molecule has 1 aromatic carbocycles. The Labute approximate surface area is 160 Å². The molecule has 2 N–H and O–H groups in total. The molecule has 1 saturated heterocycles. The minimum Gasteiger partial charge on any atom is -0.497 e. The van der Waals surface area contributed by atoms with Crippen LogP contribution in [0.2, 0.25) is 0 Å². The van der Waals surface area contributed by atoms with Crippen LogP contribution in [0.5, 0.6) is 5.75 Å². The zero-order valence-corrected chi connectivity index (χ0v) is 16.2. The highest BCUT2D eigenvalue weighted by molar-refractivity contribution is 7.99. The van der Waals surface area contributed by atoms with Crippen LogP contribution in [0, 0.1) is 6.92 Å². The number of carbonyl (C=O) groups excluding carboxylic acids is 2. The monoisotopic (exact) mass is 392 g/mol. The molecule has 1 fully saturated rings. The minimum absolute atomic E-state index is 0.162. The Morgan fingerprint density at radius 2 is 2.12 bits per heavy atom. The second kappa shape index (κ2) is 8.41. The van der Waals surface area contributed by atoms with Gasteiger partial charge in [-0.3, -0.25) is 4.79 Å². The number of hydrogen-bond donors (Lipinski definition) is 2. The molecular formula is C17H20N4O3S2. The molecule has 138 valence electrons. The van der Waals surface area contributed by atoms with E-state index in [1.165, 1.54) is 0 Å². The number of anilines is 1. The predicted molar refractivity (Wildman–Crippen MR) is 104 cm³/mol. The molecule has 2 heterocycles. The van der Waals surface area contributed by atoms with Gasteiger partial charge >= 0.3 is 6.03 Å². The van der Waals surface area contributed by atoms with Crippen molar-refractivity contribution in [1.29, 1.82) is 0 Å². The maximum Gasteiger partial charge on any atom is 0.323 e. The van der Waals surface area contributed by atoms with E-state index in [-0.39, 0.29) is 11.9 Å². The zero-order chi connectivity index (χ0) is 18.5. The van der Waals surface area contributed by atoms with Gasteiger partial charge in [-0.15, -0.1) is 23.1 Å². The number of carbonyl (C=O) groups is 2. The quantitative estimate of drug-likeness (QED) is 0.817. The molecule has 0 radical (unpaired) electrons. The van der Waals surface area contributed by atoms with Gasteiger partial charge in [-0.2, -0.15) is 0 Å². The lowest BCUT2D eigenvalue weighted by Crippen LogP contribution is -2.48. The number of ether oxygens (including phenoxy) is 1. The Morgan fingerprint density at radius 1 is 1.35 bits per heavy atom. The van der Waals surface area contributed by atoms with Crippen molar-refractivity contribution < 1.29 is 14.3 Å². The number of rotatable bonds is 5. The first-order valence-electron chi connectivity index (χ1n) is 8.05. The molecule has 1 aliphatic heterocycles. The normalized spacial score (nSPS) is 16.4. The average Bonchev–Trinajstić information content (AvgIpc) is 3.29. The molecule has 1 aromatic heterocycles. The fraction of sp³-hybridized carbons (Fsp3) is 0.353. The highest BCUT2D eigenvalue weighted by atomic mass is 32.2. The summed E-state index contributed by atoms with van der Waals surface area (Å²) in [5.74, 6) is 1.62. The summed E-state index contributed by atoms with van der Waals surface area (Å²) in [4.78, 5) is 30.9. The molecule has 7 nitrogen and oxygen atoms in total. The Balaban J connectivity index is 1.57. The molecule has 1 atom stereocenters. The number of hydrogen-bond acceptors (Lipinski definition) is 6. The van der Waals surface area contributed by atoms with Gasteiger partial charge in [0.25, 0.3) is 0 Å². The predicted octanol–water partition coefficient (Wildman–Crippen LogP) is 2.68. The van der Waals surface area contributed by atoms with Crippen molar-refractivity contribution in [3.8, 4) is 5.75 Å². The Morgan fingerprint density at radius 3 is 2.77 bits per heavy atom. The minimum atomic E-state index is -0.488. The summed E-state index contributed by atoms with van der Waals surface area (Å²) in [7, 11) is 1.59. The number of thiazole rings is 1. The number of nitrogens with one attached hydrogen (secondary N) is 2. The van der Waals surface area contributed by atoms with Crippen LogP contribution in [0.3, 0.4) is 0 Å². The lowest BCUT2D eigenvalue weighted by molar-refractivity contribution is -0.124. The van der Waals surface area contributed by atoms with Gasteiger partial charge in [-0.1, -0.05) is 0 Å². The number of aryl methyl sites for hydroxylation is 1. The molecule has 9 heteroatoms. The molecule has 26 heavy (non-hydrogen) atoms. The molecule has 0 aliphatic carbocycles. The molecule has 0 unspecified atom stereocenters. The SMILES string of the molecule is COc1ccc(NC(=O)N2CSC[C@@H]2C(=O)NCc2csc(C)n2)cc1. The van der Waals surface area contributed by atoms with Crippen molar-refractivity contribution in [1.82, 2.24) is 15.2 Å². The molecule has 2 aromatic rings. The van der Waals surface area contributed by atoms with Crippen LogP contribution in [0.1, 0.15) is 10.7 Å². The van der Waals surface area contributed by atoms with Crippen molar-refractivity contribution in [2.24, 2.45) is 0 Å². The van der Waals surface area contributed by atoms with Crippen LogP contribution in [0.4, 0.5) is 10.5 Å². The first-order valence-corrected chi connectivity index (χ1v) is 10.1. The van der Waals surface area contributed by atoms with Crippen molar-refractivity contribution in [3.05, 3.63) is 40.3 Å². The molecule has 0 saturated carbocycles. The van der Waals surface area contributed by atoms with Gasteiger partial charge in [0.05, 0.1) is 30.2 Å². The number of aromatic nitrogens is 1. The third kappa shape index (κ3) is 4.47. The number of urea groups is 1. The summed E-state index contributed by atoms with van der Waals surface area (Å²) in [5.41, 5.74) is 1.49. The standard InChI is InChI=1S/C17H20N4O3S2/c1-11-19-13(8-26-11)7-18-16(22)15-9-25-10-21(15)17(23)20-12-3-5-14(24-2)6-4-12/h3-6,8,15H,7,9-10H2,1-2H3,(H,18,22)(H,20,23)/t15-/m1/s1. The third-order valence-electron chi connectivity index (χ3n) is 3.90. The number of nitrogens with zero attached hydrogens (tertiary/aromatic N) is 2. The van der Waals surface area contributed by atoms with E-state index >= 15 is 0 Å². The van der Waals surface area contributed by atoms with E-state index in [4.69, 9.17) is 4.74 Å². The highest BCUT2D eigenvalue weighted by Gasteiger charge is 2.34. The number of benzene rings is 1. The fourth-order valence-electron chi connectivity index (χ4n) is 2.51.